The number of pyridine rings is 2. The summed E-state index contributed by atoms with van der Waals surface area (Å²) in [5.41, 5.74) is 3.70. The largest absolute Gasteiger partial charge is 0.362 e. The van der Waals surface area contributed by atoms with Crippen LogP contribution in [0.5, 0.6) is 0 Å². The molecule has 0 aromatic carbocycles. The molecule has 1 aliphatic carbocycles. The Hall–Kier alpha value is -2.80. The predicted molar refractivity (Wildman–Crippen MR) is 109 cm³/mol. The number of rotatable bonds is 3. The molecule has 142 valence electrons. The van der Waals surface area contributed by atoms with E-state index >= 15 is 0 Å². The smallest absolute Gasteiger partial charge is 0.255 e. The van der Waals surface area contributed by atoms with Gasteiger partial charge in [0.2, 0.25) is 0 Å². The first-order chi connectivity index (χ1) is 13.5. The first kappa shape index (κ1) is 18.6. The summed E-state index contributed by atoms with van der Waals surface area (Å²) in [6.07, 6.45) is 7.16. The van der Waals surface area contributed by atoms with Crippen LogP contribution in [0.15, 0.2) is 69.9 Å². The van der Waals surface area contributed by atoms with Gasteiger partial charge in [0, 0.05) is 57.9 Å². The summed E-state index contributed by atoms with van der Waals surface area (Å²) in [6.45, 7) is 1.87. The van der Waals surface area contributed by atoms with Gasteiger partial charge < -0.3 is 10.6 Å². The molecule has 1 amide bonds. The highest BCUT2D eigenvalue weighted by molar-refractivity contribution is 9.10. The molecule has 1 atom stereocenters. The van der Waals surface area contributed by atoms with Gasteiger partial charge in [-0.3, -0.25) is 14.6 Å². The molecule has 0 fully saturated rings. The van der Waals surface area contributed by atoms with Gasteiger partial charge in [-0.25, -0.2) is 4.98 Å². The van der Waals surface area contributed by atoms with E-state index in [2.05, 4.69) is 36.5 Å². The number of ketones is 1. The van der Waals surface area contributed by atoms with E-state index in [9.17, 15) is 9.59 Å². The van der Waals surface area contributed by atoms with E-state index < -0.39 is 5.92 Å². The molecule has 0 spiro atoms. The van der Waals surface area contributed by atoms with Crippen molar-refractivity contribution in [2.24, 2.45) is 0 Å². The first-order valence-corrected chi connectivity index (χ1v) is 9.90. The quantitative estimate of drug-likeness (QED) is 0.759. The average Bonchev–Trinajstić information content (AvgIpc) is 2.69. The van der Waals surface area contributed by atoms with Crippen LogP contribution in [0.1, 0.15) is 37.7 Å². The summed E-state index contributed by atoms with van der Waals surface area (Å²) < 4.78 is 0.830. The second-order valence-electron chi connectivity index (χ2n) is 6.87. The lowest BCUT2D eigenvalue weighted by Crippen LogP contribution is -2.35. The number of aromatic nitrogens is 2. The van der Waals surface area contributed by atoms with Gasteiger partial charge in [-0.1, -0.05) is 6.07 Å². The fraction of sp³-hybridized carbons (Fsp3) is 0.238. The van der Waals surface area contributed by atoms with Crippen LogP contribution in [0, 0.1) is 0 Å². The number of carbonyl (C=O) groups is 2. The predicted octanol–water partition coefficient (Wildman–Crippen LogP) is 3.85. The van der Waals surface area contributed by atoms with E-state index in [1.165, 1.54) is 0 Å². The Morgan fingerprint density at radius 2 is 2.11 bits per heavy atom. The Balaban J connectivity index is 1.76. The number of hydrogen-bond donors (Lipinski definition) is 2. The Morgan fingerprint density at radius 1 is 1.25 bits per heavy atom. The number of allylic oxidation sites excluding steroid dienone is 3. The van der Waals surface area contributed by atoms with E-state index in [0.29, 0.717) is 23.4 Å². The van der Waals surface area contributed by atoms with E-state index in [1.807, 2.05) is 25.1 Å². The van der Waals surface area contributed by atoms with E-state index in [1.54, 1.807) is 24.7 Å². The molecular formula is C21H19BrN4O2. The van der Waals surface area contributed by atoms with E-state index in [4.69, 9.17) is 0 Å². The Bertz CT molecular complexity index is 997. The lowest BCUT2D eigenvalue weighted by Gasteiger charge is -2.34. The molecule has 3 heterocycles. The lowest BCUT2D eigenvalue weighted by atomic mass is 9.75. The molecule has 2 aliphatic rings. The van der Waals surface area contributed by atoms with E-state index in [-0.39, 0.29) is 11.7 Å². The second-order valence-corrected chi connectivity index (χ2v) is 7.78. The number of anilines is 1. The van der Waals surface area contributed by atoms with Crippen LogP contribution >= 0.6 is 15.9 Å². The topological polar surface area (TPSA) is 84.0 Å². The van der Waals surface area contributed by atoms with Crippen molar-refractivity contribution in [2.75, 3.05) is 5.32 Å². The van der Waals surface area contributed by atoms with Crippen molar-refractivity contribution in [1.29, 1.82) is 0 Å². The first-order valence-electron chi connectivity index (χ1n) is 9.11. The summed E-state index contributed by atoms with van der Waals surface area (Å²) in [6, 6.07) is 7.27. The van der Waals surface area contributed by atoms with Gasteiger partial charge in [-0.2, -0.15) is 0 Å². The third kappa shape index (κ3) is 3.49. The van der Waals surface area contributed by atoms with Crippen LogP contribution in [0.25, 0.3) is 0 Å². The molecule has 2 N–H and O–H groups in total. The van der Waals surface area contributed by atoms with Crippen LogP contribution < -0.4 is 10.6 Å². The number of carbonyl (C=O) groups excluding carboxylic acids is 2. The number of dihydropyridines is 1. The summed E-state index contributed by atoms with van der Waals surface area (Å²) in [5.74, 6) is -0.179. The maximum absolute atomic E-state index is 13.2. The van der Waals surface area contributed by atoms with Gasteiger partial charge >= 0.3 is 0 Å². The molecule has 0 radical (unpaired) electrons. The molecular weight excluding hydrogens is 420 g/mol. The minimum atomic E-state index is -0.437. The summed E-state index contributed by atoms with van der Waals surface area (Å²) in [4.78, 5) is 34.4. The fourth-order valence-corrected chi connectivity index (χ4v) is 4.03. The Labute approximate surface area is 171 Å². The standard InChI is InChI=1S/C21H19BrN4O2/c1-12-18(21(28)26-17-8-7-14(22)11-24-17)19(13-4-3-9-23-10-13)20-15(25-12)5-2-6-16(20)27/h3-4,7-11,19,25H,2,5-6H2,1H3,(H,24,26,28). The highest BCUT2D eigenvalue weighted by atomic mass is 79.9. The molecule has 7 heteroatoms. The minimum absolute atomic E-state index is 0.0853. The van der Waals surface area contributed by atoms with Crippen molar-refractivity contribution in [3.63, 3.8) is 0 Å². The number of nitrogens with one attached hydrogen (secondary N) is 2. The van der Waals surface area contributed by atoms with Crippen LogP contribution in [-0.4, -0.2) is 21.7 Å². The SMILES string of the molecule is CC1=C(C(=O)Nc2ccc(Br)cn2)C(c2cccnc2)C2=C(CCCC2=O)N1. The van der Waals surface area contributed by atoms with Gasteiger partial charge in [-0.05, 0) is 59.5 Å². The zero-order valence-corrected chi connectivity index (χ0v) is 16.9. The molecule has 2 aromatic rings. The normalized spacial score (nSPS) is 19.2. The van der Waals surface area contributed by atoms with Gasteiger partial charge in [0.1, 0.15) is 5.82 Å². The zero-order valence-electron chi connectivity index (χ0n) is 15.3. The number of hydrogen-bond acceptors (Lipinski definition) is 5. The Kier molecular flexibility index (Phi) is 5.09. The fourth-order valence-electron chi connectivity index (χ4n) is 3.80. The minimum Gasteiger partial charge on any atom is -0.362 e. The van der Waals surface area contributed by atoms with Crippen molar-refractivity contribution in [1.82, 2.24) is 15.3 Å². The van der Waals surface area contributed by atoms with Crippen LogP contribution in [0.2, 0.25) is 0 Å². The third-order valence-corrected chi connectivity index (χ3v) is 5.48. The number of Topliss-reactive ketones (excluding diaryl/α,β-unsaturated/α-hetero) is 1. The molecule has 6 nitrogen and oxygen atoms in total. The zero-order chi connectivity index (χ0) is 19.7. The Morgan fingerprint density at radius 3 is 2.82 bits per heavy atom. The molecule has 1 aliphatic heterocycles. The van der Waals surface area contributed by atoms with Gasteiger partial charge in [0.25, 0.3) is 5.91 Å². The summed E-state index contributed by atoms with van der Waals surface area (Å²) in [5, 5.41) is 6.16. The third-order valence-electron chi connectivity index (χ3n) is 5.01. The maximum atomic E-state index is 13.2. The lowest BCUT2D eigenvalue weighted by molar-refractivity contribution is -0.116. The van der Waals surface area contributed by atoms with Crippen molar-refractivity contribution in [3.05, 3.63) is 75.4 Å². The molecule has 4 rings (SSSR count). The average molecular weight is 439 g/mol. The highest BCUT2D eigenvalue weighted by Gasteiger charge is 2.38. The van der Waals surface area contributed by atoms with Gasteiger partial charge in [-0.15, -0.1) is 0 Å². The van der Waals surface area contributed by atoms with Crippen molar-refractivity contribution < 1.29 is 9.59 Å². The van der Waals surface area contributed by atoms with Crippen LogP contribution in [0.4, 0.5) is 5.82 Å². The van der Waals surface area contributed by atoms with Crippen molar-refractivity contribution >= 4 is 33.4 Å². The van der Waals surface area contributed by atoms with E-state index in [0.717, 1.165) is 34.3 Å². The van der Waals surface area contributed by atoms with Gasteiger partial charge in [0.15, 0.2) is 5.78 Å². The van der Waals surface area contributed by atoms with Crippen LogP contribution in [-0.2, 0) is 9.59 Å². The number of halogens is 1. The molecule has 0 bridgehead atoms. The summed E-state index contributed by atoms with van der Waals surface area (Å²) in [7, 11) is 0. The molecule has 28 heavy (non-hydrogen) atoms. The maximum Gasteiger partial charge on any atom is 0.255 e. The van der Waals surface area contributed by atoms with Crippen LogP contribution in [0.3, 0.4) is 0 Å². The summed E-state index contributed by atoms with van der Waals surface area (Å²) >= 11 is 3.34. The molecule has 2 aromatic heterocycles. The highest BCUT2D eigenvalue weighted by Crippen LogP contribution is 2.42. The molecule has 0 saturated heterocycles. The number of amides is 1. The second kappa shape index (κ2) is 7.67. The molecule has 0 saturated carbocycles. The van der Waals surface area contributed by atoms with Crippen molar-refractivity contribution in [2.45, 2.75) is 32.1 Å². The number of nitrogens with zero attached hydrogens (tertiary/aromatic N) is 2. The molecule has 1 unspecified atom stereocenters. The van der Waals surface area contributed by atoms with Crippen molar-refractivity contribution in [3.8, 4) is 0 Å². The van der Waals surface area contributed by atoms with Gasteiger partial charge in [0.05, 0.1) is 0 Å². The monoisotopic (exact) mass is 438 g/mol.